The Labute approximate surface area is 124 Å². The lowest BCUT2D eigenvalue weighted by Crippen LogP contribution is -1.96. The van der Waals surface area contributed by atoms with E-state index in [0.29, 0.717) is 23.1 Å². The van der Waals surface area contributed by atoms with Gasteiger partial charge in [-0.3, -0.25) is 0 Å². The van der Waals surface area contributed by atoms with Gasteiger partial charge in [0.15, 0.2) is 11.5 Å². The second-order valence-electron chi connectivity index (χ2n) is 4.03. The Hall–Kier alpha value is -1.39. The predicted octanol–water partition coefficient (Wildman–Crippen LogP) is 4.41. The van der Waals surface area contributed by atoms with Gasteiger partial charge < -0.3 is 14.2 Å². The van der Waals surface area contributed by atoms with E-state index in [0.717, 1.165) is 15.8 Å². The minimum absolute atomic E-state index is 0.212. The molecule has 0 atom stereocenters. The third kappa shape index (κ3) is 2.65. The zero-order valence-corrected chi connectivity index (χ0v) is 12.2. The van der Waals surface area contributed by atoms with E-state index >= 15 is 0 Å². The maximum absolute atomic E-state index is 6.12. The third-order valence-electron chi connectivity index (χ3n) is 2.72. The first-order chi connectivity index (χ1) is 9.24. The van der Waals surface area contributed by atoms with Crippen molar-refractivity contribution >= 4 is 27.5 Å². The molecule has 0 spiro atoms. The van der Waals surface area contributed by atoms with Crippen molar-refractivity contribution in [3.05, 3.63) is 51.5 Å². The van der Waals surface area contributed by atoms with Crippen molar-refractivity contribution in [2.75, 3.05) is 6.79 Å². The van der Waals surface area contributed by atoms with Crippen LogP contribution < -0.4 is 14.2 Å². The maximum Gasteiger partial charge on any atom is 0.231 e. The first-order valence-electron chi connectivity index (χ1n) is 5.69. The Balaban J connectivity index is 1.78. The molecule has 0 fully saturated rings. The van der Waals surface area contributed by atoms with Gasteiger partial charge in [0.2, 0.25) is 6.79 Å². The standard InChI is InChI=1S/C14H10BrClO3/c15-10-3-1-2-4-12(10)17-7-9-5-11(16)14-13(6-9)18-8-19-14/h1-6H,7-8H2. The molecule has 3 rings (SSSR count). The van der Waals surface area contributed by atoms with Gasteiger partial charge in [-0.15, -0.1) is 0 Å². The van der Waals surface area contributed by atoms with Crippen molar-refractivity contribution in [3.8, 4) is 17.2 Å². The van der Waals surface area contributed by atoms with Gasteiger partial charge in [0.05, 0.1) is 9.50 Å². The van der Waals surface area contributed by atoms with Crippen LogP contribution in [0.5, 0.6) is 17.2 Å². The average molecular weight is 342 g/mol. The monoisotopic (exact) mass is 340 g/mol. The molecule has 0 amide bonds. The molecule has 0 unspecified atom stereocenters. The third-order valence-corrected chi connectivity index (χ3v) is 3.65. The number of hydrogen-bond acceptors (Lipinski definition) is 3. The number of ether oxygens (including phenoxy) is 3. The molecule has 1 aliphatic heterocycles. The van der Waals surface area contributed by atoms with Crippen LogP contribution in [0.3, 0.4) is 0 Å². The average Bonchev–Trinajstić information content (AvgIpc) is 2.87. The van der Waals surface area contributed by atoms with Crippen LogP contribution >= 0.6 is 27.5 Å². The molecule has 0 bridgehead atoms. The van der Waals surface area contributed by atoms with Crippen molar-refractivity contribution in [2.45, 2.75) is 6.61 Å². The zero-order chi connectivity index (χ0) is 13.2. The second-order valence-corrected chi connectivity index (χ2v) is 5.29. The Morgan fingerprint density at radius 3 is 2.89 bits per heavy atom. The van der Waals surface area contributed by atoms with E-state index in [9.17, 15) is 0 Å². The molecule has 1 aliphatic rings. The summed E-state index contributed by atoms with van der Waals surface area (Å²) < 4.78 is 17.2. The number of fused-ring (bicyclic) bond motifs is 1. The number of benzene rings is 2. The fraction of sp³-hybridized carbons (Fsp3) is 0.143. The van der Waals surface area contributed by atoms with E-state index in [-0.39, 0.29) is 6.79 Å². The van der Waals surface area contributed by atoms with Gasteiger partial charge >= 0.3 is 0 Å². The van der Waals surface area contributed by atoms with Crippen molar-refractivity contribution in [1.29, 1.82) is 0 Å². The lowest BCUT2D eigenvalue weighted by molar-refractivity contribution is 0.174. The predicted molar refractivity (Wildman–Crippen MR) is 76.0 cm³/mol. The van der Waals surface area contributed by atoms with Gasteiger partial charge in [0, 0.05) is 0 Å². The van der Waals surface area contributed by atoms with Crippen LogP contribution in [0.25, 0.3) is 0 Å². The molecule has 19 heavy (non-hydrogen) atoms. The fourth-order valence-electron chi connectivity index (χ4n) is 1.83. The Bertz CT molecular complexity index is 616. The molecule has 0 radical (unpaired) electrons. The molecule has 0 saturated heterocycles. The van der Waals surface area contributed by atoms with E-state index < -0.39 is 0 Å². The first-order valence-corrected chi connectivity index (χ1v) is 6.86. The molecule has 2 aromatic carbocycles. The second kappa shape index (κ2) is 5.31. The summed E-state index contributed by atoms with van der Waals surface area (Å²) in [6.45, 7) is 0.628. The summed E-state index contributed by atoms with van der Waals surface area (Å²) in [5.41, 5.74) is 0.935. The normalized spacial score (nSPS) is 12.5. The molecule has 3 nitrogen and oxygen atoms in total. The maximum atomic E-state index is 6.12. The van der Waals surface area contributed by atoms with Crippen molar-refractivity contribution in [2.24, 2.45) is 0 Å². The number of hydrogen-bond donors (Lipinski definition) is 0. The SMILES string of the molecule is Clc1cc(COc2ccccc2Br)cc2c1OCO2. The molecule has 0 aromatic heterocycles. The Morgan fingerprint density at radius 1 is 1.21 bits per heavy atom. The van der Waals surface area contributed by atoms with Crippen LogP contribution in [0.1, 0.15) is 5.56 Å². The number of halogens is 2. The first kappa shape index (κ1) is 12.6. The molecular formula is C14H10BrClO3. The van der Waals surface area contributed by atoms with Crippen molar-refractivity contribution in [3.63, 3.8) is 0 Å². The van der Waals surface area contributed by atoms with Crippen LogP contribution in [-0.4, -0.2) is 6.79 Å². The van der Waals surface area contributed by atoms with Gasteiger partial charge in [-0.1, -0.05) is 23.7 Å². The van der Waals surface area contributed by atoms with Gasteiger partial charge in [-0.2, -0.15) is 0 Å². The lowest BCUT2D eigenvalue weighted by atomic mass is 10.2. The van der Waals surface area contributed by atoms with Crippen LogP contribution in [0, 0.1) is 0 Å². The molecule has 1 heterocycles. The topological polar surface area (TPSA) is 27.7 Å². The minimum Gasteiger partial charge on any atom is -0.488 e. The molecule has 0 aliphatic carbocycles. The smallest absolute Gasteiger partial charge is 0.231 e. The van der Waals surface area contributed by atoms with Crippen molar-refractivity contribution < 1.29 is 14.2 Å². The summed E-state index contributed by atoms with van der Waals surface area (Å²) in [5.74, 6) is 2.06. The quantitative estimate of drug-likeness (QED) is 0.827. The molecule has 2 aromatic rings. The van der Waals surface area contributed by atoms with E-state index in [1.54, 1.807) is 0 Å². The van der Waals surface area contributed by atoms with E-state index in [1.165, 1.54) is 0 Å². The highest BCUT2D eigenvalue weighted by atomic mass is 79.9. The van der Waals surface area contributed by atoms with Crippen LogP contribution in [0.2, 0.25) is 5.02 Å². The Kier molecular flexibility index (Phi) is 3.53. The molecule has 0 N–H and O–H groups in total. The van der Waals surface area contributed by atoms with Crippen LogP contribution in [0.15, 0.2) is 40.9 Å². The minimum atomic E-state index is 0.212. The van der Waals surface area contributed by atoms with Gasteiger partial charge in [0.25, 0.3) is 0 Å². The lowest BCUT2D eigenvalue weighted by Gasteiger charge is -2.09. The molecular weight excluding hydrogens is 332 g/mol. The number of rotatable bonds is 3. The summed E-state index contributed by atoms with van der Waals surface area (Å²) in [7, 11) is 0. The van der Waals surface area contributed by atoms with E-state index in [4.69, 9.17) is 25.8 Å². The van der Waals surface area contributed by atoms with E-state index in [1.807, 2.05) is 36.4 Å². The summed E-state index contributed by atoms with van der Waals surface area (Å²) >= 11 is 9.56. The number of para-hydroxylation sites is 1. The molecule has 5 heteroatoms. The highest BCUT2D eigenvalue weighted by molar-refractivity contribution is 9.10. The van der Waals surface area contributed by atoms with Gasteiger partial charge in [-0.05, 0) is 45.8 Å². The Morgan fingerprint density at radius 2 is 2.05 bits per heavy atom. The van der Waals surface area contributed by atoms with Gasteiger partial charge in [-0.25, -0.2) is 0 Å². The molecule has 98 valence electrons. The summed E-state index contributed by atoms with van der Waals surface area (Å²) in [4.78, 5) is 0. The van der Waals surface area contributed by atoms with E-state index in [2.05, 4.69) is 15.9 Å². The summed E-state index contributed by atoms with van der Waals surface area (Å²) in [5, 5.41) is 0.542. The summed E-state index contributed by atoms with van der Waals surface area (Å²) in [6, 6.07) is 11.4. The van der Waals surface area contributed by atoms with Crippen LogP contribution in [0.4, 0.5) is 0 Å². The van der Waals surface area contributed by atoms with Gasteiger partial charge in [0.1, 0.15) is 12.4 Å². The largest absolute Gasteiger partial charge is 0.488 e. The summed E-state index contributed by atoms with van der Waals surface area (Å²) in [6.07, 6.45) is 0. The highest BCUT2D eigenvalue weighted by Crippen LogP contribution is 2.40. The van der Waals surface area contributed by atoms with Crippen LogP contribution in [-0.2, 0) is 6.61 Å². The zero-order valence-electron chi connectivity index (χ0n) is 9.86. The fourth-order valence-corrected chi connectivity index (χ4v) is 2.51. The molecule has 0 saturated carbocycles. The highest BCUT2D eigenvalue weighted by Gasteiger charge is 2.18. The van der Waals surface area contributed by atoms with Crippen molar-refractivity contribution in [1.82, 2.24) is 0 Å².